The highest BCUT2D eigenvalue weighted by Gasteiger charge is 2.58. The summed E-state index contributed by atoms with van der Waals surface area (Å²) in [4.78, 5) is 0. The molecule has 0 fully saturated rings. The second-order valence-corrected chi connectivity index (χ2v) is 6.24. The van der Waals surface area contributed by atoms with Crippen LogP contribution in [-0.4, -0.2) is 0 Å². The van der Waals surface area contributed by atoms with E-state index in [-0.39, 0.29) is 5.56 Å². The molecule has 0 aliphatic carbocycles. The fourth-order valence-electron chi connectivity index (χ4n) is 2.13. The zero-order chi connectivity index (χ0) is 18.4. The topological polar surface area (TPSA) is 0 Å². The van der Waals surface area contributed by atoms with E-state index in [1.807, 2.05) is 0 Å². The zero-order valence-corrected chi connectivity index (χ0v) is 13.2. The van der Waals surface area contributed by atoms with Gasteiger partial charge in [0, 0.05) is 0 Å². The van der Waals surface area contributed by atoms with Crippen LogP contribution in [0, 0.1) is 36.0 Å². The van der Waals surface area contributed by atoms with Gasteiger partial charge < -0.3 is 0 Å². The summed E-state index contributed by atoms with van der Waals surface area (Å²) < 4.78 is 92.9. The Morgan fingerprint density at radius 1 is 0.750 bits per heavy atom. The van der Waals surface area contributed by atoms with E-state index in [1.165, 1.54) is 25.1 Å². The van der Waals surface area contributed by atoms with Gasteiger partial charge in [0.1, 0.15) is 5.56 Å². The molecule has 0 heterocycles. The maximum absolute atomic E-state index is 14.6. The van der Waals surface area contributed by atoms with Crippen LogP contribution in [0.15, 0.2) is 24.3 Å². The monoisotopic (exact) mass is 390 g/mol. The van der Waals surface area contributed by atoms with Crippen LogP contribution in [-0.2, 0) is 10.3 Å². The van der Waals surface area contributed by atoms with Crippen molar-refractivity contribution in [2.45, 2.75) is 17.2 Å². The third-order valence-corrected chi connectivity index (χ3v) is 4.28. The molecule has 0 atom stereocenters. The molecule has 2 rings (SSSR count). The van der Waals surface area contributed by atoms with Crippen LogP contribution in [0.25, 0.3) is 0 Å². The van der Waals surface area contributed by atoms with Gasteiger partial charge in [0.25, 0.3) is 0 Å². The lowest BCUT2D eigenvalue weighted by Gasteiger charge is -2.32. The van der Waals surface area contributed by atoms with Crippen LogP contribution in [0.3, 0.4) is 0 Å². The van der Waals surface area contributed by atoms with E-state index >= 15 is 0 Å². The molecule has 0 nitrogen and oxygen atoms in total. The first-order chi connectivity index (χ1) is 10.9. The number of alkyl halides is 4. The average molecular weight is 391 g/mol. The van der Waals surface area contributed by atoms with E-state index in [1.54, 1.807) is 0 Å². The van der Waals surface area contributed by atoms with Gasteiger partial charge >= 0.3 is 5.92 Å². The first-order valence-corrected chi connectivity index (χ1v) is 7.03. The van der Waals surface area contributed by atoms with Crippen LogP contribution in [0.5, 0.6) is 0 Å². The largest absolute Gasteiger partial charge is 0.315 e. The summed E-state index contributed by atoms with van der Waals surface area (Å²) in [7, 11) is 0. The normalized spacial score (nSPS) is 12.6. The Labute approximate surface area is 141 Å². The van der Waals surface area contributed by atoms with Gasteiger partial charge in [-0.25, -0.2) is 22.0 Å². The Morgan fingerprint density at radius 3 is 1.62 bits per heavy atom. The molecule has 24 heavy (non-hydrogen) atoms. The fourth-order valence-corrected chi connectivity index (χ4v) is 2.74. The van der Waals surface area contributed by atoms with Crippen molar-refractivity contribution in [2.75, 3.05) is 0 Å². The van der Waals surface area contributed by atoms with Gasteiger partial charge in [-0.1, -0.05) is 47.5 Å². The van der Waals surface area contributed by atoms with E-state index in [9.17, 15) is 30.7 Å². The predicted octanol–water partition coefficient (Wildman–Crippen LogP) is 6.11. The molecule has 9 heteroatoms. The molecule has 2 aromatic carbocycles. The van der Waals surface area contributed by atoms with Gasteiger partial charge in [0.2, 0.25) is 10.2 Å². The summed E-state index contributed by atoms with van der Waals surface area (Å²) in [6.45, 7) is 1.34. The van der Waals surface area contributed by atoms with Crippen LogP contribution < -0.4 is 0 Å². The Hall–Kier alpha value is -1.47. The van der Waals surface area contributed by atoms with Crippen molar-refractivity contribution in [3.05, 3.63) is 70.0 Å². The quantitative estimate of drug-likeness (QED) is 0.256. The molecule has 0 saturated carbocycles. The molecule has 0 saturated heterocycles. The van der Waals surface area contributed by atoms with Crippen molar-refractivity contribution in [3.8, 4) is 0 Å². The molecule has 0 bridgehead atoms. The number of hydrogen-bond donors (Lipinski definition) is 0. The second kappa shape index (κ2) is 6.11. The lowest BCUT2D eigenvalue weighted by molar-refractivity contribution is -0.0325. The lowest BCUT2D eigenvalue weighted by Crippen LogP contribution is -2.37. The molecule has 0 amide bonds. The van der Waals surface area contributed by atoms with E-state index in [0.717, 1.165) is 6.07 Å². The molecule has 0 aliphatic rings. The second-order valence-electron chi connectivity index (χ2n) is 4.91. The number of aryl methyl sites for hydroxylation is 1. The van der Waals surface area contributed by atoms with Crippen molar-refractivity contribution in [3.63, 3.8) is 0 Å². The van der Waals surface area contributed by atoms with Crippen LogP contribution in [0.2, 0.25) is 0 Å². The third-order valence-electron chi connectivity index (χ3n) is 3.40. The molecular weight excluding hydrogens is 384 g/mol. The lowest BCUT2D eigenvalue weighted by atomic mass is 9.95. The van der Waals surface area contributed by atoms with Gasteiger partial charge in [0.05, 0.1) is 0 Å². The van der Waals surface area contributed by atoms with Crippen LogP contribution in [0.4, 0.5) is 30.7 Å². The summed E-state index contributed by atoms with van der Waals surface area (Å²) in [6, 6.07) is 5.12. The zero-order valence-electron chi connectivity index (χ0n) is 11.7. The van der Waals surface area contributed by atoms with Gasteiger partial charge in [-0.05, 0) is 18.1 Å². The minimum atomic E-state index is -4.83. The van der Waals surface area contributed by atoms with Crippen molar-refractivity contribution >= 4 is 23.2 Å². The molecule has 0 N–H and O–H groups in total. The van der Waals surface area contributed by atoms with E-state index < -0.39 is 50.5 Å². The molecule has 0 aliphatic heterocycles. The highest BCUT2D eigenvalue weighted by atomic mass is 35.5. The summed E-state index contributed by atoms with van der Waals surface area (Å²) in [6.07, 6.45) is 0. The summed E-state index contributed by atoms with van der Waals surface area (Å²) >= 11 is 11.2. The standard InChI is InChI=1S/C15H7Cl2F7/c1-6-4-2-3-5-7(6)14(16,17)15(23,24)8-9(18)11(20)13(22)12(21)10(8)19/h2-5H,1H3. The first kappa shape index (κ1) is 18.9. The highest BCUT2D eigenvalue weighted by Crippen LogP contribution is 2.55. The minimum absolute atomic E-state index is 0.131. The Balaban J connectivity index is 2.78. The molecule has 0 unspecified atom stereocenters. The van der Waals surface area contributed by atoms with Crippen LogP contribution in [0.1, 0.15) is 16.7 Å². The number of benzene rings is 2. The Morgan fingerprint density at radius 2 is 1.17 bits per heavy atom. The predicted molar refractivity (Wildman–Crippen MR) is 74.7 cm³/mol. The first-order valence-electron chi connectivity index (χ1n) is 6.28. The number of rotatable bonds is 3. The van der Waals surface area contributed by atoms with Crippen LogP contribution >= 0.6 is 23.2 Å². The van der Waals surface area contributed by atoms with E-state index in [2.05, 4.69) is 0 Å². The number of hydrogen-bond acceptors (Lipinski definition) is 0. The van der Waals surface area contributed by atoms with Crippen molar-refractivity contribution in [2.24, 2.45) is 0 Å². The SMILES string of the molecule is Cc1ccccc1C(Cl)(Cl)C(F)(F)c1c(F)c(F)c(F)c(F)c1F. The van der Waals surface area contributed by atoms with Crippen molar-refractivity contribution in [1.29, 1.82) is 0 Å². The molecule has 2 aromatic rings. The highest BCUT2D eigenvalue weighted by molar-refractivity contribution is 6.48. The van der Waals surface area contributed by atoms with Crippen molar-refractivity contribution < 1.29 is 30.7 Å². The summed E-state index contributed by atoms with van der Waals surface area (Å²) in [5.41, 5.74) is -2.71. The van der Waals surface area contributed by atoms with Gasteiger partial charge in [0.15, 0.2) is 23.3 Å². The van der Waals surface area contributed by atoms with E-state index in [0.29, 0.717) is 0 Å². The Bertz CT molecular complexity index is 774. The average Bonchev–Trinajstić information content (AvgIpc) is 2.51. The minimum Gasteiger partial charge on any atom is -0.203 e. The molecule has 0 radical (unpaired) electrons. The molecule has 0 aromatic heterocycles. The Kier molecular flexibility index (Phi) is 4.80. The van der Waals surface area contributed by atoms with E-state index in [4.69, 9.17) is 23.2 Å². The maximum Gasteiger partial charge on any atom is 0.315 e. The molecule has 0 spiro atoms. The van der Waals surface area contributed by atoms with Gasteiger partial charge in [-0.3, -0.25) is 0 Å². The van der Waals surface area contributed by atoms with Gasteiger partial charge in [-0.2, -0.15) is 8.78 Å². The van der Waals surface area contributed by atoms with Crippen molar-refractivity contribution in [1.82, 2.24) is 0 Å². The molecular formula is C15H7Cl2F7. The summed E-state index contributed by atoms with van der Waals surface area (Å²) in [5.74, 6) is -17.8. The number of halogens is 9. The third kappa shape index (κ3) is 2.63. The maximum atomic E-state index is 14.6. The summed E-state index contributed by atoms with van der Waals surface area (Å²) in [5, 5.41) is 0. The fraction of sp³-hybridized carbons (Fsp3) is 0.200. The van der Waals surface area contributed by atoms with Gasteiger partial charge in [-0.15, -0.1) is 0 Å². The smallest absolute Gasteiger partial charge is 0.203 e. The molecule has 130 valence electrons.